The molecule has 0 saturated carbocycles. The van der Waals surface area contributed by atoms with Crippen molar-refractivity contribution in [3.8, 4) is 66.8 Å². The molecule has 0 atom stereocenters. The van der Waals surface area contributed by atoms with Gasteiger partial charge in [-0.3, -0.25) is 0 Å². The van der Waals surface area contributed by atoms with Crippen molar-refractivity contribution in [2.45, 2.75) is 103 Å². The van der Waals surface area contributed by atoms with E-state index < -0.39 is 0 Å². The van der Waals surface area contributed by atoms with Crippen LogP contribution in [0.5, 0.6) is 0 Å². The topological polar surface area (TPSA) is 0 Å². The molecule has 0 nitrogen and oxygen atoms in total. The Labute approximate surface area is 369 Å². The molecule has 0 heterocycles. The highest BCUT2D eigenvalue weighted by Gasteiger charge is 2.44. The predicted molar refractivity (Wildman–Crippen MR) is 265 cm³/mol. The van der Waals surface area contributed by atoms with Crippen LogP contribution >= 0.6 is 0 Å². The van der Waals surface area contributed by atoms with Crippen molar-refractivity contribution in [2.75, 3.05) is 0 Å². The third-order valence-electron chi connectivity index (χ3n) is 16.6. The van der Waals surface area contributed by atoms with E-state index in [9.17, 15) is 0 Å². The molecule has 0 spiro atoms. The lowest BCUT2D eigenvalue weighted by atomic mass is 9.72. The summed E-state index contributed by atoms with van der Waals surface area (Å²) >= 11 is 0. The molecule has 0 aromatic heterocycles. The summed E-state index contributed by atoms with van der Waals surface area (Å²) in [6, 6.07) is 59.6. The van der Waals surface area contributed by atoms with Crippen molar-refractivity contribution in [1.82, 2.24) is 0 Å². The molecule has 3 aliphatic rings. The van der Waals surface area contributed by atoms with Gasteiger partial charge in [-0.25, -0.2) is 0 Å². The first-order valence-corrected chi connectivity index (χ1v) is 23.6. The summed E-state index contributed by atoms with van der Waals surface area (Å²) in [5.41, 5.74) is 26.6. The van der Waals surface area contributed by atoms with E-state index in [0.29, 0.717) is 0 Å². The van der Waals surface area contributed by atoms with Gasteiger partial charge in [0.15, 0.2) is 0 Å². The van der Waals surface area contributed by atoms with Crippen molar-refractivity contribution >= 4 is 10.8 Å². The first kappa shape index (κ1) is 38.9. The van der Waals surface area contributed by atoms with Crippen molar-refractivity contribution in [3.05, 3.63) is 191 Å². The summed E-state index contributed by atoms with van der Waals surface area (Å²) in [6.45, 7) is 16.5. The van der Waals surface area contributed by atoms with E-state index in [1.54, 1.807) is 0 Å². The maximum absolute atomic E-state index is 2.56. The minimum atomic E-state index is -0.0399. The van der Waals surface area contributed by atoms with Crippen molar-refractivity contribution in [1.29, 1.82) is 0 Å². The summed E-state index contributed by atoms with van der Waals surface area (Å²) in [7, 11) is 0. The zero-order chi connectivity index (χ0) is 42.5. The van der Waals surface area contributed by atoms with Gasteiger partial charge in [0.25, 0.3) is 0 Å². The Hall–Kier alpha value is -5.98. The van der Waals surface area contributed by atoms with Gasteiger partial charge < -0.3 is 0 Å². The number of aryl methyl sites for hydroxylation is 1. The third kappa shape index (κ3) is 5.25. The Morgan fingerprint density at radius 1 is 0.274 bits per heavy atom. The van der Waals surface area contributed by atoms with Gasteiger partial charge in [0.2, 0.25) is 0 Å². The van der Waals surface area contributed by atoms with Gasteiger partial charge >= 0.3 is 0 Å². The molecule has 0 fully saturated rings. The van der Waals surface area contributed by atoms with Gasteiger partial charge in [0.1, 0.15) is 0 Å². The molecule has 8 aromatic carbocycles. The zero-order valence-corrected chi connectivity index (χ0v) is 37.7. The first-order chi connectivity index (χ1) is 30.3. The number of rotatable bonds is 9. The van der Waals surface area contributed by atoms with Crippen LogP contribution in [0.3, 0.4) is 0 Å². The van der Waals surface area contributed by atoms with Crippen LogP contribution in [0.15, 0.2) is 152 Å². The Morgan fingerprint density at radius 2 is 0.565 bits per heavy atom. The van der Waals surface area contributed by atoms with Crippen molar-refractivity contribution < 1.29 is 0 Å². The van der Waals surface area contributed by atoms with E-state index in [0.717, 1.165) is 38.5 Å². The monoisotopic (exact) mass is 802 g/mol. The molecular formula is C62H58. The number of hydrogen-bond donors (Lipinski definition) is 0. The number of hydrogen-bond acceptors (Lipinski definition) is 0. The highest BCUT2D eigenvalue weighted by atomic mass is 14.5. The van der Waals surface area contributed by atoms with E-state index >= 15 is 0 Å². The molecule has 0 amide bonds. The standard InChI is InChI=1S/C62H58/c1-8-60(9-2)54-17-15-14-16-48(54)49-27-23-44(35-55(49)60)45-24-29-52-53-31-26-47(38-59(53)62(12-5,13-6)58(52)36-45)46-25-30-51-50-28-22-43(34-56(50)61(10-3,11-4)57(51)37-46)42-21-20-40-32-39(7)18-19-41(40)33-42/h14-38H,8-13H2,1-7H3. The molecule has 0 saturated heterocycles. The zero-order valence-electron chi connectivity index (χ0n) is 37.7. The Bertz CT molecular complexity index is 3100. The Morgan fingerprint density at radius 3 is 0.952 bits per heavy atom. The van der Waals surface area contributed by atoms with Crippen LogP contribution in [-0.2, 0) is 16.2 Å². The summed E-state index contributed by atoms with van der Waals surface area (Å²) in [5.74, 6) is 0. The maximum Gasteiger partial charge on any atom is 0.0210 e. The molecule has 0 heteroatoms. The Kier molecular flexibility index (Phi) is 8.96. The minimum Gasteiger partial charge on any atom is -0.0642 e. The van der Waals surface area contributed by atoms with Crippen LogP contribution < -0.4 is 0 Å². The van der Waals surface area contributed by atoms with Crippen LogP contribution in [-0.4, -0.2) is 0 Å². The van der Waals surface area contributed by atoms with Crippen molar-refractivity contribution in [2.24, 2.45) is 0 Å². The molecule has 306 valence electrons. The van der Waals surface area contributed by atoms with Gasteiger partial charge in [-0.2, -0.15) is 0 Å². The van der Waals surface area contributed by atoms with Crippen molar-refractivity contribution in [3.63, 3.8) is 0 Å². The van der Waals surface area contributed by atoms with E-state index in [1.165, 1.54) is 116 Å². The first-order valence-electron chi connectivity index (χ1n) is 23.6. The molecule has 0 N–H and O–H groups in total. The highest BCUT2D eigenvalue weighted by Crippen LogP contribution is 2.58. The average Bonchev–Trinajstić information content (AvgIpc) is 3.89. The van der Waals surface area contributed by atoms with Gasteiger partial charge in [-0.15, -0.1) is 0 Å². The second-order valence-electron chi connectivity index (χ2n) is 18.8. The molecule has 3 aliphatic carbocycles. The van der Waals surface area contributed by atoms with E-state index in [2.05, 4.69) is 200 Å². The van der Waals surface area contributed by atoms with Gasteiger partial charge in [0, 0.05) is 16.2 Å². The fourth-order valence-corrected chi connectivity index (χ4v) is 12.9. The number of fused-ring (bicyclic) bond motifs is 10. The van der Waals surface area contributed by atoms with Crippen LogP contribution in [0.25, 0.3) is 77.5 Å². The molecule has 0 bridgehead atoms. The SMILES string of the molecule is CCC1(CC)c2ccccc2-c2ccc(-c3ccc4c(c3)C(CC)(CC)c3cc(-c5ccc6c(c5)C(CC)(CC)c5cc(-c7ccc8cc(C)ccc8c7)ccc5-6)ccc3-4)cc21. The van der Waals surface area contributed by atoms with Crippen LogP contribution in [0.1, 0.15) is 119 Å². The molecule has 8 aromatic rings. The van der Waals surface area contributed by atoms with Crippen LogP contribution in [0, 0.1) is 6.92 Å². The lowest BCUT2D eigenvalue weighted by Crippen LogP contribution is -2.23. The molecule has 0 radical (unpaired) electrons. The number of benzene rings is 8. The fourth-order valence-electron chi connectivity index (χ4n) is 12.9. The summed E-state index contributed by atoms with van der Waals surface area (Å²) in [4.78, 5) is 0. The quantitative estimate of drug-likeness (QED) is 0.136. The lowest BCUT2D eigenvalue weighted by molar-refractivity contribution is 0.490. The van der Waals surface area contributed by atoms with E-state index in [-0.39, 0.29) is 16.2 Å². The predicted octanol–water partition coefficient (Wildman–Crippen LogP) is 17.4. The third-order valence-corrected chi connectivity index (χ3v) is 16.6. The van der Waals surface area contributed by atoms with Crippen LogP contribution in [0.4, 0.5) is 0 Å². The summed E-state index contributed by atoms with van der Waals surface area (Å²) in [6.07, 6.45) is 6.49. The molecule has 11 rings (SSSR count). The lowest BCUT2D eigenvalue weighted by Gasteiger charge is -2.31. The minimum absolute atomic E-state index is 0.0289. The molecule has 62 heavy (non-hydrogen) atoms. The second kappa shape index (κ2) is 14.3. The van der Waals surface area contributed by atoms with E-state index in [4.69, 9.17) is 0 Å². The summed E-state index contributed by atoms with van der Waals surface area (Å²) < 4.78 is 0. The van der Waals surface area contributed by atoms with Gasteiger partial charge in [-0.1, -0.05) is 162 Å². The van der Waals surface area contributed by atoms with Gasteiger partial charge in [-0.05, 0) is 193 Å². The average molecular weight is 803 g/mol. The van der Waals surface area contributed by atoms with E-state index in [1.807, 2.05) is 0 Å². The molecular weight excluding hydrogens is 745 g/mol. The van der Waals surface area contributed by atoms with Crippen LogP contribution in [0.2, 0.25) is 0 Å². The Balaban J connectivity index is 0.965. The summed E-state index contributed by atoms with van der Waals surface area (Å²) in [5, 5.41) is 2.60. The fraction of sp³-hybridized carbons (Fsp3) is 0.258. The largest absolute Gasteiger partial charge is 0.0642 e. The molecule has 0 aliphatic heterocycles. The molecule has 0 unspecified atom stereocenters. The maximum atomic E-state index is 2.56. The second-order valence-corrected chi connectivity index (χ2v) is 18.8. The normalized spacial score (nSPS) is 15.5. The smallest absolute Gasteiger partial charge is 0.0210 e. The van der Waals surface area contributed by atoms with Gasteiger partial charge in [0.05, 0.1) is 0 Å². The highest BCUT2D eigenvalue weighted by molar-refractivity contribution is 5.92.